The van der Waals surface area contributed by atoms with Crippen molar-refractivity contribution in [1.82, 2.24) is 20.5 Å². The van der Waals surface area contributed by atoms with Crippen LogP contribution in [0.2, 0.25) is 0 Å². The molecule has 7 heteroatoms. The predicted molar refractivity (Wildman–Crippen MR) is 109 cm³/mol. The molecule has 0 bridgehead atoms. The van der Waals surface area contributed by atoms with Crippen LogP contribution >= 0.6 is 24.0 Å². The second kappa shape index (κ2) is 12.4. The van der Waals surface area contributed by atoms with Crippen molar-refractivity contribution in [2.45, 2.75) is 32.4 Å². The van der Waals surface area contributed by atoms with E-state index < -0.39 is 0 Å². The SMILES string of the molecule is CCNC(=NCc1ccccn1)NCCN(CCOC)C1CC1.I. The number of guanidine groups is 1. The number of ether oxygens (including phenoxy) is 1. The van der Waals surface area contributed by atoms with Crippen molar-refractivity contribution in [3.63, 3.8) is 0 Å². The van der Waals surface area contributed by atoms with E-state index in [1.54, 1.807) is 13.3 Å². The van der Waals surface area contributed by atoms with E-state index in [0.29, 0.717) is 6.54 Å². The van der Waals surface area contributed by atoms with E-state index in [1.807, 2.05) is 18.2 Å². The van der Waals surface area contributed by atoms with Gasteiger partial charge in [0, 0.05) is 45.5 Å². The highest BCUT2D eigenvalue weighted by atomic mass is 127. The maximum atomic E-state index is 5.20. The van der Waals surface area contributed by atoms with Crippen molar-refractivity contribution in [2.24, 2.45) is 4.99 Å². The largest absolute Gasteiger partial charge is 0.383 e. The molecule has 136 valence electrons. The first kappa shape index (κ1) is 21.1. The number of hydrogen-bond acceptors (Lipinski definition) is 4. The number of methoxy groups -OCH3 is 1. The lowest BCUT2D eigenvalue weighted by Crippen LogP contribution is -2.42. The predicted octanol–water partition coefficient (Wildman–Crippen LogP) is 1.87. The molecule has 0 spiro atoms. The van der Waals surface area contributed by atoms with Crippen molar-refractivity contribution < 1.29 is 4.74 Å². The highest BCUT2D eigenvalue weighted by molar-refractivity contribution is 14.0. The zero-order valence-corrected chi connectivity index (χ0v) is 17.0. The minimum Gasteiger partial charge on any atom is -0.383 e. The third-order valence-corrected chi connectivity index (χ3v) is 3.81. The van der Waals surface area contributed by atoms with Crippen molar-refractivity contribution in [3.05, 3.63) is 30.1 Å². The quantitative estimate of drug-likeness (QED) is 0.326. The van der Waals surface area contributed by atoms with Crippen LogP contribution in [0.4, 0.5) is 0 Å². The van der Waals surface area contributed by atoms with Gasteiger partial charge in [-0.2, -0.15) is 0 Å². The maximum absolute atomic E-state index is 5.20. The van der Waals surface area contributed by atoms with Crippen LogP contribution in [0.15, 0.2) is 29.4 Å². The summed E-state index contributed by atoms with van der Waals surface area (Å²) in [5.41, 5.74) is 0.976. The van der Waals surface area contributed by atoms with Gasteiger partial charge >= 0.3 is 0 Å². The Balaban J connectivity index is 0.00000288. The Morgan fingerprint density at radius 2 is 2.17 bits per heavy atom. The Hall–Kier alpha value is -0.930. The second-order valence-corrected chi connectivity index (χ2v) is 5.70. The molecule has 0 amide bonds. The van der Waals surface area contributed by atoms with E-state index in [1.165, 1.54) is 12.8 Å². The van der Waals surface area contributed by atoms with Gasteiger partial charge in [0.25, 0.3) is 0 Å². The Bertz CT molecular complexity index is 467. The number of aliphatic imine (C=N–C) groups is 1. The molecule has 1 saturated carbocycles. The molecule has 1 fully saturated rings. The summed E-state index contributed by atoms with van der Waals surface area (Å²) in [6, 6.07) is 6.65. The van der Waals surface area contributed by atoms with Crippen LogP contribution < -0.4 is 10.6 Å². The first-order valence-electron chi connectivity index (χ1n) is 8.48. The van der Waals surface area contributed by atoms with Gasteiger partial charge < -0.3 is 15.4 Å². The molecule has 0 unspecified atom stereocenters. The topological polar surface area (TPSA) is 61.8 Å². The fraction of sp³-hybridized carbons (Fsp3) is 0.647. The second-order valence-electron chi connectivity index (χ2n) is 5.70. The smallest absolute Gasteiger partial charge is 0.191 e. The van der Waals surface area contributed by atoms with Gasteiger partial charge in [0.05, 0.1) is 18.8 Å². The molecule has 0 aliphatic heterocycles. The van der Waals surface area contributed by atoms with Crippen LogP contribution in [-0.4, -0.2) is 61.8 Å². The van der Waals surface area contributed by atoms with Crippen LogP contribution in [0.3, 0.4) is 0 Å². The molecule has 1 aromatic rings. The fourth-order valence-corrected chi connectivity index (χ4v) is 2.44. The van der Waals surface area contributed by atoms with Gasteiger partial charge in [-0.15, -0.1) is 24.0 Å². The van der Waals surface area contributed by atoms with Crippen molar-refractivity contribution in [3.8, 4) is 0 Å². The van der Waals surface area contributed by atoms with Crippen LogP contribution in [0.1, 0.15) is 25.5 Å². The van der Waals surface area contributed by atoms with Gasteiger partial charge in [-0.3, -0.25) is 9.88 Å². The summed E-state index contributed by atoms with van der Waals surface area (Å²) in [7, 11) is 1.76. The van der Waals surface area contributed by atoms with Crippen LogP contribution in [0.5, 0.6) is 0 Å². The number of hydrogen-bond donors (Lipinski definition) is 2. The lowest BCUT2D eigenvalue weighted by Gasteiger charge is -2.22. The third kappa shape index (κ3) is 8.25. The average Bonchev–Trinajstić information content (AvgIpc) is 3.41. The summed E-state index contributed by atoms with van der Waals surface area (Å²) in [4.78, 5) is 11.4. The van der Waals surface area contributed by atoms with E-state index in [4.69, 9.17) is 4.74 Å². The highest BCUT2D eigenvalue weighted by Crippen LogP contribution is 2.25. The number of nitrogens with zero attached hydrogens (tertiary/aromatic N) is 3. The van der Waals surface area contributed by atoms with Gasteiger partial charge in [0.15, 0.2) is 5.96 Å². The number of aromatic nitrogens is 1. The third-order valence-electron chi connectivity index (χ3n) is 3.81. The summed E-state index contributed by atoms with van der Waals surface area (Å²) in [5, 5.41) is 6.69. The number of rotatable bonds is 10. The van der Waals surface area contributed by atoms with E-state index >= 15 is 0 Å². The molecule has 0 saturated heterocycles. The van der Waals surface area contributed by atoms with Crippen molar-refractivity contribution in [1.29, 1.82) is 0 Å². The van der Waals surface area contributed by atoms with Gasteiger partial charge in [-0.05, 0) is 31.9 Å². The summed E-state index contributed by atoms with van der Waals surface area (Å²) < 4.78 is 5.20. The molecule has 0 atom stereocenters. The van der Waals surface area contributed by atoms with Gasteiger partial charge in [-0.25, -0.2) is 4.99 Å². The van der Waals surface area contributed by atoms with E-state index in [0.717, 1.165) is 50.5 Å². The monoisotopic (exact) mass is 447 g/mol. The number of pyridine rings is 1. The maximum Gasteiger partial charge on any atom is 0.191 e. The molecule has 2 rings (SSSR count). The standard InChI is InChI=1S/C17H29N5O.HI/c1-3-18-17(21-14-15-6-4-5-9-19-15)20-10-11-22(12-13-23-2)16-7-8-16;/h4-6,9,16H,3,7-8,10-14H2,1-2H3,(H2,18,20,21);1H. The summed E-state index contributed by atoms with van der Waals surface area (Å²) in [6.45, 7) is 7.22. The average molecular weight is 447 g/mol. The van der Waals surface area contributed by atoms with Gasteiger partial charge in [0.2, 0.25) is 0 Å². The normalized spacial score (nSPS) is 14.4. The zero-order chi connectivity index (χ0) is 16.3. The molecule has 1 aliphatic carbocycles. The molecular weight excluding hydrogens is 417 g/mol. The van der Waals surface area contributed by atoms with Gasteiger partial charge in [-0.1, -0.05) is 6.07 Å². The molecule has 1 aliphatic rings. The van der Waals surface area contributed by atoms with Crippen LogP contribution in [0, 0.1) is 0 Å². The molecule has 0 radical (unpaired) electrons. The molecule has 2 N–H and O–H groups in total. The van der Waals surface area contributed by atoms with Crippen molar-refractivity contribution in [2.75, 3.05) is 39.9 Å². The zero-order valence-electron chi connectivity index (χ0n) is 14.7. The minimum absolute atomic E-state index is 0. The van der Waals surface area contributed by atoms with Gasteiger partial charge in [0.1, 0.15) is 0 Å². The Morgan fingerprint density at radius 1 is 1.33 bits per heavy atom. The van der Waals surface area contributed by atoms with Crippen LogP contribution in [0.25, 0.3) is 0 Å². The molecule has 1 heterocycles. The summed E-state index contributed by atoms with van der Waals surface area (Å²) >= 11 is 0. The first-order chi connectivity index (χ1) is 11.3. The minimum atomic E-state index is 0. The van der Waals surface area contributed by atoms with Crippen LogP contribution in [-0.2, 0) is 11.3 Å². The molecule has 1 aromatic heterocycles. The fourth-order valence-electron chi connectivity index (χ4n) is 2.44. The summed E-state index contributed by atoms with van der Waals surface area (Å²) in [5.74, 6) is 0.848. The Morgan fingerprint density at radius 3 is 2.79 bits per heavy atom. The lowest BCUT2D eigenvalue weighted by atomic mass is 10.3. The molecule has 6 nitrogen and oxygen atoms in total. The molecule has 0 aromatic carbocycles. The van der Waals surface area contributed by atoms with E-state index in [9.17, 15) is 0 Å². The van der Waals surface area contributed by atoms with E-state index in [2.05, 4.69) is 32.4 Å². The Labute approximate surface area is 162 Å². The Kier molecular flexibility index (Phi) is 10.9. The van der Waals surface area contributed by atoms with E-state index in [-0.39, 0.29) is 24.0 Å². The first-order valence-corrected chi connectivity index (χ1v) is 8.48. The highest BCUT2D eigenvalue weighted by Gasteiger charge is 2.28. The van der Waals surface area contributed by atoms with Crippen molar-refractivity contribution >= 4 is 29.9 Å². The lowest BCUT2D eigenvalue weighted by molar-refractivity contribution is 0.144. The molecule has 24 heavy (non-hydrogen) atoms. The molecular formula is C17H30IN5O. The number of halogens is 1. The number of nitrogens with one attached hydrogen (secondary N) is 2. The summed E-state index contributed by atoms with van der Waals surface area (Å²) in [6.07, 6.45) is 4.43.